The molecule has 2 unspecified atom stereocenters. The maximum atomic E-state index is 13.2. The molecule has 2 atom stereocenters. The molecular formula is C25H25O2P. The zero-order valence-electron chi connectivity index (χ0n) is 16.1. The molecule has 4 rings (SSSR count). The van der Waals surface area contributed by atoms with Gasteiger partial charge in [-0.05, 0) is 35.9 Å². The second-order valence-corrected chi connectivity index (χ2v) is 9.60. The van der Waals surface area contributed by atoms with E-state index in [1.807, 2.05) is 19.1 Å². The zero-order chi connectivity index (χ0) is 19.4. The Kier molecular flexibility index (Phi) is 5.59. The van der Waals surface area contributed by atoms with Crippen LogP contribution >= 0.6 is 7.92 Å². The fourth-order valence-electron chi connectivity index (χ4n) is 4.57. The smallest absolute Gasteiger partial charge is 0.310 e. The first-order valence-electron chi connectivity index (χ1n) is 9.89. The van der Waals surface area contributed by atoms with Crippen LogP contribution in [-0.4, -0.2) is 18.7 Å². The standard InChI is InChI=1S/C25H25O2P/c1-2-27-24(26)23-18-19-28(22-16-10-5-11-17-22)25(23,20-12-6-3-7-13-20)21-14-8-4-9-15-21/h3-17,23H,2,18-19H2,1H3. The number of rotatable bonds is 5. The number of hydrogen-bond acceptors (Lipinski definition) is 2. The average Bonchev–Trinajstić information content (AvgIpc) is 3.17. The van der Waals surface area contributed by atoms with Gasteiger partial charge in [0.05, 0.1) is 17.7 Å². The van der Waals surface area contributed by atoms with Crippen LogP contribution in [0.5, 0.6) is 0 Å². The van der Waals surface area contributed by atoms with E-state index in [0.29, 0.717) is 6.61 Å². The lowest BCUT2D eigenvalue weighted by molar-refractivity contribution is -0.148. The highest BCUT2D eigenvalue weighted by molar-refractivity contribution is 7.67. The molecule has 1 saturated heterocycles. The molecule has 0 radical (unpaired) electrons. The normalized spacial score (nSPS) is 20.6. The molecule has 1 fully saturated rings. The minimum atomic E-state index is -0.624. The van der Waals surface area contributed by atoms with Gasteiger partial charge >= 0.3 is 5.97 Å². The molecule has 142 valence electrons. The predicted molar refractivity (Wildman–Crippen MR) is 116 cm³/mol. The van der Waals surface area contributed by atoms with Crippen molar-refractivity contribution in [2.45, 2.75) is 18.5 Å². The van der Waals surface area contributed by atoms with Crippen LogP contribution in [0, 0.1) is 5.92 Å². The second kappa shape index (κ2) is 8.29. The molecule has 0 spiro atoms. The Balaban J connectivity index is 1.99. The van der Waals surface area contributed by atoms with Crippen LogP contribution in [0.15, 0.2) is 91.0 Å². The molecule has 1 aliphatic rings. The highest BCUT2D eigenvalue weighted by atomic mass is 31.1. The van der Waals surface area contributed by atoms with Gasteiger partial charge in [0.25, 0.3) is 0 Å². The van der Waals surface area contributed by atoms with Gasteiger partial charge in [-0.3, -0.25) is 4.79 Å². The van der Waals surface area contributed by atoms with Gasteiger partial charge in [-0.2, -0.15) is 0 Å². The fraction of sp³-hybridized carbons (Fsp3) is 0.240. The maximum absolute atomic E-state index is 13.2. The molecule has 0 bridgehead atoms. The second-order valence-electron chi connectivity index (χ2n) is 7.08. The summed E-state index contributed by atoms with van der Waals surface area (Å²) in [6, 6.07) is 31.9. The third-order valence-electron chi connectivity index (χ3n) is 5.64. The Labute approximate surface area is 168 Å². The van der Waals surface area contributed by atoms with Crippen molar-refractivity contribution in [2.24, 2.45) is 5.92 Å². The molecule has 1 heterocycles. The van der Waals surface area contributed by atoms with E-state index in [9.17, 15) is 4.79 Å². The summed E-state index contributed by atoms with van der Waals surface area (Å²) in [6.07, 6.45) is 1.87. The van der Waals surface area contributed by atoms with Crippen LogP contribution in [0.1, 0.15) is 24.5 Å². The predicted octanol–water partition coefficient (Wildman–Crippen LogP) is 5.32. The maximum Gasteiger partial charge on any atom is 0.310 e. The third-order valence-corrected chi connectivity index (χ3v) is 8.94. The van der Waals surface area contributed by atoms with Crippen molar-refractivity contribution >= 4 is 19.2 Å². The van der Waals surface area contributed by atoms with Crippen molar-refractivity contribution in [2.75, 3.05) is 12.8 Å². The lowest BCUT2D eigenvalue weighted by Gasteiger charge is -2.41. The van der Waals surface area contributed by atoms with Gasteiger partial charge in [-0.15, -0.1) is 0 Å². The molecule has 0 aromatic heterocycles. The summed E-state index contributed by atoms with van der Waals surface area (Å²) in [7, 11) is -0.624. The largest absolute Gasteiger partial charge is 0.466 e. The summed E-state index contributed by atoms with van der Waals surface area (Å²) >= 11 is 0. The van der Waals surface area contributed by atoms with E-state index in [1.54, 1.807) is 0 Å². The first-order chi connectivity index (χ1) is 13.8. The molecular weight excluding hydrogens is 363 g/mol. The first kappa shape index (κ1) is 18.9. The van der Waals surface area contributed by atoms with E-state index in [2.05, 4.69) is 78.9 Å². The minimum absolute atomic E-state index is 0.0730. The Morgan fingerprint density at radius 2 is 1.39 bits per heavy atom. The van der Waals surface area contributed by atoms with Crippen LogP contribution in [0.3, 0.4) is 0 Å². The van der Waals surface area contributed by atoms with Crippen LogP contribution in [0.25, 0.3) is 0 Å². The molecule has 0 saturated carbocycles. The van der Waals surface area contributed by atoms with Gasteiger partial charge in [-0.1, -0.05) is 98.9 Å². The van der Waals surface area contributed by atoms with Crippen molar-refractivity contribution in [3.8, 4) is 0 Å². The average molecular weight is 388 g/mol. The minimum Gasteiger partial charge on any atom is -0.466 e. The van der Waals surface area contributed by atoms with E-state index in [1.165, 1.54) is 16.4 Å². The van der Waals surface area contributed by atoms with Crippen molar-refractivity contribution in [3.05, 3.63) is 102 Å². The van der Waals surface area contributed by atoms with E-state index < -0.39 is 7.92 Å². The van der Waals surface area contributed by atoms with Gasteiger partial charge in [0.1, 0.15) is 0 Å². The van der Waals surface area contributed by atoms with Gasteiger partial charge < -0.3 is 4.74 Å². The lowest BCUT2D eigenvalue weighted by Crippen LogP contribution is -2.38. The Morgan fingerprint density at radius 3 is 1.89 bits per heavy atom. The van der Waals surface area contributed by atoms with Gasteiger partial charge in [0, 0.05) is 0 Å². The molecule has 3 heteroatoms. The first-order valence-corrected chi connectivity index (χ1v) is 11.4. The summed E-state index contributed by atoms with van der Waals surface area (Å²) in [6.45, 7) is 2.30. The molecule has 2 nitrogen and oxygen atoms in total. The summed E-state index contributed by atoms with van der Waals surface area (Å²) in [5.41, 5.74) is 2.43. The molecule has 0 aliphatic carbocycles. The Bertz CT molecular complexity index is 870. The number of carbonyl (C=O) groups excluding carboxylic acids is 1. The zero-order valence-corrected chi connectivity index (χ0v) is 17.0. The summed E-state index contributed by atoms with van der Waals surface area (Å²) < 4.78 is 5.58. The van der Waals surface area contributed by atoms with Crippen molar-refractivity contribution in [1.82, 2.24) is 0 Å². The van der Waals surface area contributed by atoms with E-state index in [0.717, 1.165) is 12.6 Å². The monoisotopic (exact) mass is 388 g/mol. The SMILES string of the molecule is CCOC(=O)C1CCP(c2ccccc2)C1(c1ccccc1)c1ccccc1. The van der Waals surface area contributed by atoms with Gasteiger partial charge in [-0.25, -0.2) is 0 Å². The lowest BCUT2D eigenvalue weighted by atomic mass is 9.78. The molecule has 3 aromatic carbocycles. The molecule has 1 aliphatic heterocycles. The Morgan fingerprint density at radius 1 is 0.893 bits per heavy atom. The third kappa shape index (κ3) is 3.16. The summed E-state index contributed by atoms with van der Waals surface area (Å²) in [4.78, 5) is 13.2. The van der Waals surface area contributed by atoms with Crippen LogP contribution in [0.2, 0.25) is 0 Å². The molecule has 28 heavy (non-hydrogen) atoms. The topological polar surface area (TPSA) is 26.3 Å². The van der Waals surface area contributed by atoms with Crippen molar-refractivity contribution in [1.29, 1.82) is 0 Å². The molecule has 3 aromatic rings. The summed E-state index contributed by atoms with van der Waals surface area (Å²) in [5.74, 6) is -0.250. The van der Waals surface area contributed by atoms with E-state index in [4.69, 9.17) is 4.74 Å². The fourth-order valence-corrected chi connectivity index (χ4v) is 8.17. The van der Waals surface area contributed by atoms with Gasteiger partial charge in [0.2, 0.25) is 0 Å². The van der Waals surface area contributed by atoms with Gasteiger partial charge in [0.15, 0.2) is 0 Å². The van der Waals surface area contributed by atoms with Crippen LogP contribution < -0.4 is 5.30 Å². The highest BCUT2D eigenvalue weighted by Gasteiger charge is 2.56. The van der Waals surface area contributed by atoms with E-state index in [-0.39, 0.29) is 17.0 Å². The number of hydrogen-bond donors (Lipinski definition) is 0. The number of benzene rings is 3. The molecule has 0 amide bonds. The molecule has 0 N–H and O–H groups in total. The van der Waals surface area contributed by atoms with Crippen LogP contribution in [0.4, 0.5) is 0 Å². The van der Waals surface area contributed by atoms with Crippen LogP contribution in [-0.2, 0) is 14.7 Å². The number of ether oxygens (including phenoxy) is 1. The van der Waals surface area contributed by atoms with Crippen molar-refractivity contribution < 1.29 is 9.53 Å². The number of carbonyl (C=O) groups is 1. The number of esters is 1. The highest BCUT2D eigenvalue weighted by Crippen LogP contribution is 2.68. The van der Waals surface area contributed by atoms with Crippen molar-refractivity contribution in [3.63, 3.8) is 0 Å². The summed E-state index contributed by atoms with van der Waals surface area (Å²) in [5, 5.41) is 0.975. The Hall–Kier alpha value is -2.44. The quantitative estimate of drug-likeness (QED) is 0.437. The van der Waals surface area contributed by atoms with E-state index >= 15 is 0 Å².